The minimum absolute atomic E-state index is 0.00567. The highest BCUT2D eigenvalue weighted by Crippen LogP contribution is 2.44. The lowest BCUT2D eigenvalue weighted by Gasteiger charge is -2.25. The largest absolute Gasteiger partial charge is 0.352 e. The molecule has 0 spiro atoms. The summed E-state index contributed by atoms with van der Waals surface area (Å²) in [6.07, 6.45) is 5.48. The fraction of sp³-hybridized carbons (Fsp3) is 0.412. The highest BCUT2D eigenvalue weighted by Gasteiger charge is 2.43. The number of thioether (sulfide) groups is 1. The molecule has 138 valence electrons. The Morgan fingerprint density at radius 1 is 1.35 bits per heavy atom. The monoisotopic (exact) mass is 408 g/mol. The third-order valence-corrected chi connectivity index (χ3v) is 7.33. The first-order valence-electron chi connectivity index (χ1n) is 8.33. The summed E-state index contributed by atoms with van der Waals surface area (Å²) < 4.78 is 0.658. The lowest BCUT2D eigenvalue weighted by molar-refractivity contribution is -0.121. The fourth-order valence-electron chi connectivity index (χ4n) is 3.01. The molecule has 2 aromatic rings. The van der Waals surface area contributed by atoms with Gasteiger partial charge in [-0.1, -0.05) is 48.1 Å². The van der Waals surface area contributed by atoms with Crippen LogP contribution in [0.5, 0.6) is 0 Å². The Kier molecular flexibility index (Phi) is 6.44. The average Bonchev–Trinajstić information content (AvgIpc) is 3.39. The SMILES string of the molecule is C=CCNC(=O)CSc1nnc(NC(=O)C2(c3cccs3)CCCC2)s1. The zero-order valence-corrected chi connectivity index (χ0v) is 16.6. The van der Waals surface area contributed by atoms with Crippen LogP contribution < -0.4 is 10.6 Å². The van der Waals surface area contributed by atoms with Gasteiger partial charge in [-0.15, -0.1) is 28.1 Å². The molecule has 3 rings (SSSR count). The van der Waals surface area contributed by atoms with E-state index in [1.807, 2.05) is 17.5 Å². The molecular formula is C17H20N4O2S3. The van der Waals surface area contributed by atoms with E-state index in [4.69, 9.17) is 0 Å². The van der Waals surface area contributed by atoms with Crippen LogP contribution in [0.1, 0.15) is 30.6 Å². The standard InChI is InChI=1S/C17H20N4O2S3/c1-2-9-18-13(22)11-25-16-21-20-15(26-16)19-14(23)17(7-3-4-8-17)12-6-5-10-24-12/h2,5-6,10H,1,3-4,7-9,11H2,(H,18,22)(H,19,20,23). The van der Waals surface area contributed by atoms with Gasteiger partial charge in [-0.25, -0.2) is 0 Å². The van der Waals surface area contributed by atoms with E-state index < -0.39 is 5.41 Å². The predicted octanol–water partition coefficient (Wildman–Crippen LogP) is 3.44. The van der Waals surface area contributed by atoms with Crippen molar-refractivity contribution < 1.29 is 9.59 Å². The smallest absolute Gasteiger partial charge is 0.237 e. The molecule has 26 heavy (non-hydrogen) atoms. The second-order valence-corrected chi connectivity index (χ2v) is 9.12. The molecule has 0 unspecified atom stereocenters. The zero-order valence-electron chi connectivity index (χ0n) is 14.2. The number of rotatable bonds is 8. The molecule has 1 aliphatic carbocycles. The van der Waals surface area contributed by atoms with Gasteiger partial charge in [-0.3, -0.25) is 14.9 Å². The van der Waals surface area contributed by atoms with Gasteiger partial charge in [0.05, 0.1) is 11.2 Å². The summed E-state index contributed by atoms with van der Waals surface area (Å²) >= 11 is 4.23. The Bertz CT molecular complexity index is 767. The zero-order chi connectivity index (χ0) is 18.4. The van der Waals surface area contributed by atoms with Crippen molar-refractivity contribution in [2.24, 2.45) is 0 Å². The van der Waals surface area contributed by atoms with E-state index in [-0.39, 0.29) is 17.6 Å². The predicted molar refractivity (Wildman–Crippen MR) is 107 cm³/mol. The molecule has 6 nitrogen and oxygen atoms in total. The van der Waals surface area contributed by atoms with Crippen LogP contribution in [-0.4, -0.2) is 34.3 Å². The van der Waals surface area contributed by atoms with Gasteiger partial charge in [0.2, 0.25) is 16.9 Å². The van der Waals surface area contributed by atoms with Crippen molar-refractivity contribution in [1.82, 2.24) is 15.5 Å². The first-order chi connectivity index (χ1) is 12.6. The number of hydrogen-bond acceptors (Lipinski definition) is 7. The van der Waals surface area contributed by atoms with E-state index in [0.717, 1.165) is 30.6 Å². The van der Waals surface area contributed by atoms with E-state index >= 15 is 0 Å². The van der Waals surface area contributed by atoms with Crippen molar-refractivity contribution in [3.05, 3.63) is 35.0 Å². The fourth-order valence-corrected chi connectivity index (χ4v) is 5.57. The van der Waals surface area contributed by atoms with Crippen LogP contribution in [0, 0.1) is 0 Å². The normalized spacial score (nSPS) is 15.5. The van der Waals surface area contributed by atoms with Crippen molar-refractivity contribution in [1.29, 1.82) is 0 Å². The number of carbonyl (C=O) groups excluding carboxylic acids is 2. The molecule has 0 saturated heterocycles. The minimum atomic E-state index is -0.447. The van der Waals surface area contributed by atoms with Crippen LogP contribution >= 0.6 is 34.4 Å². The van der Waals surface area contributed by atoms with Crippen molar-refractivity contribution in [2.75, 3.05) is 17.6 Å². The Labute approximate surface area is 164 Å². The third-order valence-electron chi connectivity index (χ3n) is 4.28. The summed E-state index contributed by atoms with van der Waals surface area (Å²) in [4.78, 5) is 25.7. The van der Waals surface area contributed by atoms with E-state index in [1.54, 1.807) is 17.4 Å². The Balaban J connectivity index is 1.60. The van der Waals surface area contributed by atoms with Crippen molar-refractivity contribution >= 4 is 51.4 Å². The molecule has 0 radical (unpaired) electrons. The maximum absolute atomic E-state index is 13.0. The molecule has 0 aliphatic heterocycles. The molecule has 1 saturated carbocycles. The number of nitrogens with one attached hydrogen (secondary N) is 2. The van der Waals surface area contributed by atoms with Gasteiger partial charge in [-0.05, 0) is 24.3 Å². The van der Waals surface area contributed by atoms with E-state index in [9.17, 15) is 9.59 Å². The second-order valence-electron chi connectivity index (χ2n) is 5.98. The summed E-state index contributed by atoms with van der Waals surface area (Å²) in [7, 11) is 0. The number of hydrogen-bond donors (Lipinski definition) is 2. The number of aromatic nitrogens is 2. The van der Waals surface area contributed by atoms with E-state index in [1.165, 1.54) is 23.1 Å². The highest BCUT2D eigenvalue weighted by atomic mass is 32.2. The summed E-state index contributed by atoms with van der Waals surface area (Å²) in [6, 6.07) is 4.03. The number of carbonyl (C=O) groups is 2. The molecule has 0 aromatic carbocycles. The van der Waals surface area contributed by atoms with Crippen LogP contribution in [0.15, 0.2) is 34.5 Å². The van der Waals surface area contributed by atoms with Gasteiger partial charge in [0.25, 0.3) is 0 Å². The Hall–Kier alpha value is -1.71. The number of thiophene rings is 1. The molecule has 2 heterocycles. The van der Waals surface area contributed by atoms with E-state index in [0.29, 0.717) is 16.0 Å². The van der Waals surface area contributed by atoms with Crippen LogP contribution in [0.3, 0.4) is 0 Å². The van der Waals surface area contributed by atoms with Gasteiger partial charge >= 0.3 is 0 Å². The molecule has 2 amide bonds. The van der Waals surface area contributed by atoms with Crippen LogP contribution in [0.25, 0.3) is 0 Å². The lowest BCUT2D eigenvalue weighted by atomic mass is 9.83. The first-order valence-corrected chi connectivity index (χ1v) is 11.0. The van der Waals surface area contributed by atoms with Crippen molar-refractivity contribution in [2.45, 2.75) is 35.4 Å². The Morgan fingerprint density at radius 2 is 2.15 bits per heavy atom. The molecule has 2 aromatic heterocycles. The molecule has 1 fully saturated rings. The van der Waals surface area contributed by atoms with Crippen LogP contribution in [-0.2, 0) is 15.0 Å². The van der Waals surface area contributed by atoms with Gasteiger partial charge < -0.3 is 5.32 Å². The maximum Gasteiger partial charge on any atom is 0.237 e. The summed E-state index contributed by atoms with van der Waals surface area (Å²) in [5.41, 5.74) is -0.447. The highest BCUT2D eigenvalue weighted by molar-refractivity contribution is 8.01. The maximum atomic E-state index is 13.0. The molecule has 9 heteroatoms. The van der Waals surface area contributed by atoms with Gasteiger partial charge in [0.15, 0.2) is 4.34 Å². The Morgan fingerprint density at radius 3 is 2.85 bits per heavy atom. The van der Waals surface area contributed by atoms with Crippen LogP contribution in [0.4, 0.5) is 5.13 Å². The number of amides is 2. The van der Waals surface area contributed by atoms with E-state index in [2.05, 4.69) is 27.4 Å². The van der Waals surface area contributed by atoms with Crippen molar-refractivity contribution in [3.8, 4) is 0 Å². The first kappa shape index (κ1) is 19.1. The van der Waals surface area contributed by atoms with Crippen LogP contribution in [0.2, 0.25) is 0 Å². The number of anilines is 1. The second kappa shape index (κ2) is 8.79. The quantitative estimate of drug-likeness (QED) is 0.397. The molecule has 0 bridgehead atoms. The van der Waals surface area contributed by atoms with Gasteiger partial charge in [0.1, 0.15) is 0 Å². The summed E-state index contributed by atoms with van der Waals surface area (Å²) in [6.45, 7) is 4.00. The molecule has 2 N–H and O–H groups in total. The summed E-state index contributed by atoms with van der Waals surface area (Å²) in [5, 5.41) is 16.2. The summed E-state index contributed by atoms with van der Waals surface area (Å²) in [5.74, 6) is 0.169. The van der Waals surface area contributed by atoms with Gasteiger partial charge in [0, 0.05) is 11.4 Å². The minimum Gasteiger partial charge on any atom is -0.352 e. The molecular weight excluding hydrogens is 388 g/mol. The third kappa shape index (κ3) is 4.33. The molecule has 0 atom stereocenters. The molecule has 1 aliphatic rings. The number of nitrogens with zero attached hydrogens (tertiary/aromatic N) is 2. The van der Waals surface area contributed by atoms with Crippen molar-refractivity contribution in [3.63, 3.8) is 0 Å². The lowest BCUT2D eigenvalue weighted by Crippen LogP contribution is -2.37. The topological polar surface area (TPSA) is 84.0 Å². The van der Waals surface area contributed by atoms with Gasteiger partial charge in [-0.2, -0.15) is 0 Å². The average molecular weight is 409 g/mol.